The maximum Gasteiger partial charge on any atom is 0.265 e. The fourth-order valence-corrected chi connectivity index (χ4v) is 2.91. The van der Waals surface area contributed by atoms with Gasteiger partial charge in [0.2, 0.25) is 0 Å². The number of hydrogen-bond donors (Lipinski definition) is 1. The van der Waals surface area contributed by atoms with Gasteiger partial charge in [-0.25, -0.2) is 4.39 Å². The highest BCUT2D eigenvalue weighted by Gasteiger charge is 2.19. The number of aryl methyl sites for hydroxylation is 1. The predicted molar refractivity (Wildman–Crippen MR) is 88.2 cm³/mol. The van der Waals surface area contributed by atoms with E-state index in [1.54, 1.807) is 19.1 Å². The summed E-state index contributed by atoms with van der Waals surface area (Å²) in [6.07, 6.45) is 3.76. The van der Waals surface area contributed by atoms with E-state index in [-0.39, 0.29) is 11.7 Å². The lowest BCUT2D eigenvalue weighted by Crippen LogP contribution is -2.30. The number of amides is 1. The second kappa shape index (κ2) is 6.82. The summed E-state index contributed by atoms with van der Waals surface area (Å²) in [5.74, 6) is 0.113. The van der Waals surface area contributed by atoms with E-state index >= 15 is 0 Å². The molecule has 23 heavy (non-hydrogen) atoms. The molecule has 1 unspecified atom stereocenters. The SMILES string of the molecule is CC(Oc1cccc2c1CCCC2)C(=O)Nc1cccc(F)c1. The quantitative estimate of drug-likeness (QED) is 0.922. The molecule has 120 valence electrons. The number of hydrogen-bond acceptors (Lipinski definition) is 2. The van der Waals surface area contributed by atoms with Gasteiger partial charge in [-0.2, -0.15) is 0 Å². The molecule has 3 rings (SSSR count). The van der Waals surface area contributed by atoms with Crippen LogP contribution >= 0.6 is 0 Å². The van der Waals surface area contributed by atoms with Crippen LogP contribution in [0, 0.1) is 5.82 Å². The maximum atomic E-state index is 13.2. The summed E-state index contributed by atoms with van der Waals surface area (Å²) in [6.45, 7) is 1.71. The van der Waals surface area contributed by atoms with Crippen molar-refractivity contribution in [3.8, 4) is 5.75 Å². The predicted octanol–water partition coefficient (Wildman–Crippen LogP) is 4.11. The minimum absolute atomic E-state index is 0.288. The fourth-order valence-electron chi connectivity index (χ4n) is 2.91. The van der Waals surface area contributed by atoms with E-state index < -0.39 is 6.10 Å². The molecule has 2 aromatic rings. The first-order chi connectivity index (χ1) is 11.1. The molecule has 3 nitrogen and oxygen atoms in total. The van der Waals surface area contributed by atoms with Crippen molar-refractivity contribution in [2.45, 2.75) is 38.7 Å². The fraction of sp³-hybridized carbons (Fsp3) is 0.316. The van der Waals surface area contributed by atoms with E-state index in [2.05, 4.69) is 11.4 Å². The number of anilines is 1. The van der Waals surface area contributed by atoms with Crippen molar-refractivity contribution in [2.24, 2.45) is 0 Å². The van der Waals surface area contributed by atoms with Crippen molar-refractivity contribution in [2.75, 3.05) is 5.32 Å². The third-order valence-electron chi connectivity index (χ3n) is 4.12. The highest BCUT2D eigenvalue weighted by atomic mass is 19.1. The topological polar surface area (TPSA) is 38.3 Å². The Balaban J connectivity index is 1.69. The Labute approximate surface area is 135 Å². The van der Waals surface area contributed by atoms with Gasteiger partial charge in [-0.3, -0.25) is 4.79 Å². The van der Waals surface area contributed by atoms with Crippen LogP contribution in [-0.4, -0.2) is 12.0 Å². The Morgan fingerprint density at radius 2 is 1.96 bits per heavy atom. The van der Waals surface area contributed by atoms with Gasteiger partial charge in [0.05, 0.1) is 0 Å². The third kappa shape index (κ3) is 3.70. The minimum atomic E-state index is -0.647. The Bertz CT molecular complexity index is 714. The van der Waals surface area contributed by atoms with Crippen LogP contribution in [0.4, 0.5) is 10.1 Å². The zero-order valence-electron chi connectivity index (χ0n) is 13.1. The van der Waals surface area contributed by atoms with Crippen molar-refractivity contribution >= 4 is 11.6 Å². The second-order valence-corrected chi connectivity index (χ2v) is 5.86. The molecule has 0 fully saturated rings. The monoisotopic (exact) mass is 313 g/mol. The summed E-state index contributed by atoms with van der Waals surface area (Å²) in [5.41, 5.74) is 2.95. The number of benzene rings is 2. The van der Waals surface area contributed by atoms with Crippen LogP contribution in [0.5, 0.6) is 5.75 Å². The first-order valence-corrected chi connectivity index (χ1v) is 7.97. The summed E-state index contributed by atoms with van der Waals surface area (Å²) < 4.78 is 19.0. The van der Waals surface area contributed by atoms with Gasteiger partial charge in [0.1, 0.15) is 11.6 Å². The van der Waals surface area contributed by atoms with Gasteiger partial charge in [0.15, 0.2) is 6.10 Å². The normalized spacial score (nSPS) is 14.7. The van der Waals surface area contributed by atoms with E-state index in [0.717, 1.165) is 25.0 Å². The highest BCUT2D eigenvalue weighted by molar-refractivity contribution is 5.94. The number of carbonyl (C=O) groups excluding carboxylic acids is 1. The van der Waals surface area contributed by atoms with Crippen LogP contribution in [0.1, 0.15) is 30.9 Å². The lowest BCUT2D eigenvalue weighted by atomic mass is 9.91. The van der Waals surface area contributed by atoms with Crippen molar-refractivity contribution in [1.82, 2.24) is 0 Å². The molecule has 0 radical (unpaired) electrons. The molecule has 1 atom stereocenters. The highest BCUT2D eigenvalue weighted by Crippen LogP contribution is 2.30. The van der Waals surface area contributed by atoms with Gasteiger partial charge in [0, 0.05) is 5.69 Å². The molecule has 1 aliphatic rings. The summed E-state index contributed by atoms with van der Waals surface area (Å²) in [6, 6.07) is 11.8. The third-order valence-corrected chi connectivity index (χ3v) is 4.12. The van der Waals surface area contributed by atoms with Crippen LogP contribution in [-0.2, 0) is 17.6 Å². The van der Waals surface area contributed by atoms with Crippen molar-refractivity contribution in [3.63, 3.8) is 0 Å². The Kier molecular flexibility index (Phi) is 4.60. The summed E-state index contributed by atoms with van der Waals surface area (Å²) >= 11 is 0. The van der Waals surface area contributed by atoms with Crippen LogP contribution in [0.3, 0.4) is 0 Å². The number of fused-ring (bicyclic) bond motifs is 1. The molecule has 4 heteroatoms. The van der Waals surface area contributed by atoms with E-state index in [0.29, 0.717) is 5.69 Å². The summed E-state index contributed by atoms with van der Waals surface area (Å²) in [4.78, 5) is 12.2. The molecule has 0 saturated heterocycles. The van der Waals surface area contributed by atoms with E-state index in [4.69, 9.17) is 4.74 Å². The first kappa shape index (κ1) is 15.5. The zero-order valence-corrected chi connectivity index (χ0v) is 13.1. The van der Waals surface area contributed by atoms with Gasteiger partial charge < -0.3 is 10.1 Å². The molecule has 0 aliphatic heterocycles. The second-order valence-electron chi connectivity index (χ2n) is 5.86. The lowest BCUT2D eigenvalue weighted by Gasteiger charge is -2.22. The van der Waals surface area contributed by atoms with Crippen molar-refractivity contribution in [1.29, 1.82) is 0 Å². The number of nitrogens with one attached hydrogen (secondary N) is 1. The zero-order chi connectivity index (χ0) is 16.2. The Morgan fingerprint density at radius 1 is 1.17 bits per heavy atom. The molecule has 1 N–H and O–H groups in total. The van der Waals surface area contributed by atoms with E-state index in [1.165, 1.54) is 29.7 Å². The standard InChI is InChI=1S/C19H20FNO2/c1-13(19(22)21-16-9-5-8-15(20)12-16)23-18-11-4-7-14-6-2-3-10-17(14)18/h4-5,7-9,11-13H,2-3,6,10H2,1H3,(H,21,22). The van der Waals surface area contributed by atoms with Crippen molar-refractivity contribution in [3.05, 3.63) is 59.4 Å². The molecule has 1 aliphatic carbocycles. The average Bonchev–Trinajstić information content (AvgIpc) is 2.55. The first-order valence-electron chi connectivity index (χ1n) is 7.97. The van der Waals surface area contributed by atoms with Crippen LogP contribution in [0.2, 0.25) is 0 Å². The maximum absolute atomic E-state index is 13.2. The van der Waals surface area contributed by atoms with Gasteiger partial charge in [-0.05, 0) is 68.0 Å². The van der Waals surface area contributed by atoms with Crippen LogP contribution in [0.15, 0.2) is 42.5 Å². The molecular formula is C19H20FNO2. The van der Waals surface area contributed by atoms with Gasteiger partial charge in [-0.15, -0.1) is 0 Å². The molecular weight excluding hydrogens is 293 g/mol. The molecule has 0 heterocycles. The average molecular weight is 313 g/mol. The van der Waals surface area contributed by atoms with Crippen LogP contribution in [0.25, 0.3) is 0 Å². The number of halogens is 1. The summed E-state index contributed by atoms with van der Waals surface area (Å²) in [7, 11) is 0. The molecule has 0 spiro atoms. The summed E-state index contributed by atoms with van der Waals surface area (Å²) in [5, 5.41) is 2.68. The van der Waals surface area contributed by atoms with Gasteiger partial charge >= 0.3 is 0 Å². The Hall–Kier alpha value is -2.36. The molecule has 1 amide bonds. The Morgan fingerprint density at radius 3 is 2.78 bits per heavy atom. The molecule has 0 aromatic heterocycles. The van der Waals surface area contributed by atoms with Gasteiger partial charge in [0.25, 0.3) is 5.91 Å². The van der Waals surface area contributed by atoms with Gasteiger partial charge in [-0.1, -0.05) is 18.2 Å². The number of rotatable bonds is 4. The lowest BCUT2D eigenvalue weighted by molar-refractivity contribution is -0.122. The number of ether oxygens (including phenoxy) is 1. The van der Waals surface area contributed by atoms with Crippen molar-refractivity contribution < 1.29 is 13.9 Å². The van der Waals surface area contributed by atoms with E-state index in [1.807, 2.05) is 12.1 Å². The molecule has 2 aromatic carbocycles. The molecule has 0 saturated carbocycles. The largest absolute Gasteiger partial charge is 0.481 e. The van der Waals surface area contributed by atoms with Crippen LogP contribution < -0.4 is 10.1 Å². The molecule has 0 bridgehead atoms. The smallest absolute Gasteiger partial charge is 0.265 e. The van der Waals surface area contributed by atoms with E-state index in [9.17, 15) is 9.18 Å². The number of carbonyl (C=O) groups is 1. The minimum Gasteiger partial charge on any atom is -0.481 e.